The SMILES string of the molecule is C=C(O/C=C\C)C(C)NC(=O)c1cnc2c(C3=CCCCC3)cccc2c1. The van der Waals surface area contributed by atoms with Crippen molar-refractivity contribution in [3.63, 3.8) is 0 Å². The van der Waals surface area contributed by atoms with Crippen LogP contribution in [0.5, 0.6) is 0 Å². The Morgan fingerprint density at radius 1 is 1.37 bits per heavy atom. The molecule has 2 aromatic rings. The third-order valence-corrected chi connectivity index (χ3v) is 4.80. The molecule has 1 aromatic heterocycles. The molecule has 1 amide bonds. The molecular weight excluding hydrogens is 336 g/mol. The number of carbonyl (C=O) groups is 1. The van der Waals surface area contributed by atoms with Gasteiger partial charge in [-0.2, -0.15) is 0 Å². The molecule has 0 fully saturated rings. The summed E-state index contributed by atoms with van der Waals surface area (Å²) in [4.78, 5) is 17.2. The molecule has 0 radical (unpaired) electrons. The molecule has 1 heterocycles. The van der Waals surface area contributed by atoms with Crippen LogP contribution >= 0.6 is 0 Å². The molecule has 1 atom stereocenters. The van der Waals surface area contributed by atoms with Crippen molar-refractivity contribution in [2.75, 3.05) is 0 Å². The van der Waals surface area contributed by atoms with Crippen molar-refractivity contribution >= 4 is 22.4 Å². The third kappa shape index (κ3) is 4.45. The fraction of sp³-hybridized carbons (Fsp3) is 0.304. The summed E-state index contributed by atoms with van der Waals surface area (Å²) in [6.45, 7) is 7.54. The van der Waals surface area contributed by atoms with Crippen molar-refractivity contribution in [1.29, 1.82) is 0 Å². The van der Waals surface area contributed by atoms with Crippen LogP contribution in [0.15, 0.2) is 61.2 Å². The third-order valence-electron chi connectivity index (χ3n) is 4.80. The Kier molecular flexibility index (Phi) is 6.07. The second kappa shape index (κ2) is 8.67. The van der Waals surface area contributed by atoms with E-state index in [1.165, 1.54) is 24.0 Å². The molecular formula is C23H26N2O2. The summed E-state index contributed by atoms with van der Waals surface area (Å²) in [5.41, 5.74) is 4.03. The normalized spacial score (nSPS) is 15.4. The van der Waals surface area contributed by atoms with Crippen LogP contribution in [0.1, 0.15) is 55.5 Å². The number of nitrogens with zero attached hydrogens (tertiary/aromatic N) is 1. The number of rotatable bonds is 6. The topological polar surface area (TPSA) is 51.2 Å². The number of para-hydroxylation sites is 1. The van der Waals surface area contributed by atoms with Crippen molar-refractivity contribution in [1.82, 2.24) is 10.3 Å². The summed E-state index contributed by atoms with van der Waals surface area (Å²) in [5, 5.41) is 3.87. The Balaban J connectivity index is 1.81. The molecule has 0 saturated carbocycles. The van der Waals surface area contributed by atoms with Gasteiger partial charge in [-0.3, -0.25) is 9.78 Å². The summed E-state index contributed by atoms with van der Waals surface area (Å²) in [6.07, 6.45) is 12.0. The minimum atomic E-state index is -0.303. The van der Waals surface area contributed by atoms with Crippen LogP contribution in [0.3, 0.4) is 0 Å². The number of ether oxygens (including phenoxy) is 1. The van der Waals surface area contributed by atoms with Crippen LogP contribution in [-0.2, 0) is 4.74 Å². The number of pyridine rings is 1. The van der Waals surface area contributed by atoms with Gasteiger partial charge in [0.2, 0.25) is 0 Å². The fourth-order valence-corrected chi connectivity index (χ4v) is 3.24. The lowest BCUT2D eigenvalue weighted by Crippen LogP contribution is -2.34. The molecule has 1 aliphatic carbocycles. The Hall–Kier alpha value is -2.88. The highest BCUT2D eigenvalue weighted by atomic mass is 16.5. The number of carbonyl (C=O) groups excluding carboxylic acids is 1. The average molecular weight is 362 g/mol. The maximum atomic E-state index is 12.6. The smallest absolute Gasteiger partial charge is 0.253 e. The molecule has 1 N–H and O–H groups in total. The lowest BCUT2D eigenvalue weighted by molar-refractivity contribution is 0.0936. The fourth-order valence-electron chi connectivity index (χ4n) is 3.24. The summed E-state index contributed by atoms with van der Waals surface area (Å²) in [5.74, 6) is 0.297. The predicted molar refractivity (Wildman–Crippen MR) is 110 cm³/mol. The minimum absolute atomic E-state index is 0.190. The van der Waals surface area contributed by atoms with Gasteiger partial charge in [0.1, 0.15) is 5.76 Å². The van der Waals surface area contributed by atoms with Gasteiger partial charge in [0.25, 0.3) is 5.91 Å². The van der Waals surface area contributed by atoms with Gasteiger partial charge in [0, 0.05) is 17.1 Å². The van der Waals surface area contributed by atoms with Gasteiger partial charge in [-0.05, 0) is 51.2 Å². The molecule has 1 unspecified atom stereocenters. The molecule has 1 aromatic carbocycles. The zero-order valence-electron chi connectivity index (χ0n) is 16.0. The quantitative estimate of drug-likeness (QED) is 0.703. The molecule has 27 heavy (non-hydrogen) atoms. The van der Waals surface area contributed by atoms with Crippen molar-refractivity contribution in [3.05, 3.63) is 72.3 Å². The largest absolute Gasteiger partial charge is 0.468 e. The summed E-state index contributed by atoms with van der Waals surface area (Å²) < 4.78 is 5.33. The second-order valence-electron chi connectivity index (χ2n) is 6.83. The number of hydrogen-bond acceptors (Lipinski definition) is 3. The van der Waals surface area contributed by atoms with Gasteiger partial charge in [-0.1, -0.05) is 36.9 Å². The molecule has 1 aliphatic rings. The van der Waals surface area contributed by atoms with E-state index in [0.29, 0.717) is 11.3 Å². The molecule has 0 bridgehead atoms. The van der Waals surface area contributed by atoms with Crippen molar-refractivity contribution in [2.24, 2.45) is 0 Å². The van der Waals surface area contributed by atoms with Crippen molar-refractivity contribution < 1.29 is 9.53 Å². The first kappa shape index (κ1) is 18.9. The van der Waals surface area contributed by atoms with Crippen LogP contribution in [0.2, 0.25) is 0 Å². The minimum Gasteiger partial charge on any atom is -0.468 e. The summed E-state index contributed by atoms with van der Waals surface area (Å²) >= 11 is 0. The van der Waals surface area contributed by atoms with Crippen molar-refractivity contribution in [3.8, 4) is 0 Å². The van der Waals surface area contributed by atoms with E-state index in [0.717, 1.165) is 23.7 Å². The maximum Gasteiger partial charge on any atom is 0.253 e. The molecule has 140 valence electrons. The van der Waals surface area contributed by atoms with Crippen LogP contribution < -0.4 is 5.32 Å². The highest BCUT2D eigenvalue weighted by Gasteiger charge is 2.15. The van der Waals surface area contributed by atoms with E-state index < -0.39 is 0 Å². The Morgan fingerprint density at radius 3 is 2.96 bits per heavy atom. The van der Waals surface area contributed by atoms with Gasteiger partial charge >= 0.3 is 0 Å². The second-order valence-corrected chi connectivity index (χ2v) is 6.83. The number of benzene rings is 1. The number of fused-ring (bicyclic) bond motifs is 1. The number of hydrogen-bond donors (Lipinski definition) is 1. The maximum absolute atomic E-state index is 12.6. The molecule has 0 aliphatic heterocycles. The number of allylic oxidation sites excluding steroid dienone is 3. The van der Waals surface area contributed by atoms with Gasteiger partial charge in [-0.15, -0.1) is 0 Å². The Morgan fingerprint density at radius 2 is 2.22 bits per heavy atom. The monoisotopic (exact) mass is 362 g/mol. The summed E-state index contributed by atoms with van der Waals surface area (Å²) in [7, 11) is 0. The molecule has 0 saturated heterocycles. The van der Waals surface area contributed by atoms with E-state index in [-0.39, 0.29) is 11.9 Å². The van der Waals surface area contributed by atoms with E-state index in [2.05, 4.69) is 29.0 Å². The van der Waals surface area contributed by atoms with Crippen LogP contribution in [-0.4, -0.2) is 16.9 Å². The number of aromatic nitrogens is 1. The van der Waals surface area contributed by atoms with Crippen LogP contribution in [0.4, 0.5) is 0 Å². The molecule has 0 spiro atoms. The highest BCUT2D eigenvalue weighted by molar-refractivity contribution is 5.99. The van der Waals surface area contributed by atoms with Crippen LogP contribution in [0, 0.1) is 0 Å². The van der Waals surface area contributed by atoms with Gasteiger partial charge in [-0.25, -0.2) is 0 Å². The van der Waals surface area contributed by atoms with Crippen molar-refractivity contribution in [2.45, 2.75) is 45.6 Å². The number of amides is 1. The van der Waals surface area contributed by atoms with Gasteiger partial charge in [0.15, 0.2) is 0 Å². The molecule has 4 nitrogen and oxygen atoms in total. The van der Waals surface area contributed by atoms with E-state index in [1.54, 1.807) is 18.5 Å². The van der Waals surface area contributed by atoms with E-state index in [1.807, 2.05) is 32.0 Å². The zero-order chi connectivity index (χ0) is 19.2. The highest BCUT2D eigenvalue weighted by Crippen LogP contribution is 2.31. The zero-order valence-corrected chi connectivity index (χ0v) is 16.0. The first-order valence-corrected chi connectivity index (χ1v) is 9.46. The van der Waals surface area contributed by atoms with E-state index >= 15 is 0 Å². The van der Waals surface area contributed by atoms with Crippen LogP contribution in [0.25, 0.3) is 16.5 Å². The van der Waals surface area contributed by atoms with E-state index in [4.69, 9.17) is 4.74 Å². The van der Waals surface area contributed by atoms with Gasteiger partial charge < -0.3 is 10.1 Å². The predicted octanol–water partition coefficient (Wildman–Crippen LogP) is 5.37. The Bertz CT molecular complexity index is 912. The number of nitrogens with one attached hydrogen (secondary N) is 1. The standard InChI is InChI=1S/C23H26N2O2/c1-4-13-27-17(3)16(2)25-23(26)20-14-19-11-8-12-21(22(19)24-15-20)18-9-6-5-7-10-18/h4,8-9,11-16H,3,5-7,10H2,1-2H3,(H,25,26)/b13-4-. The lowest BCUT2D eigenvalue weighted by Gasteiger charge is -2.16. The first-order valence-electron chi connectivity index (χ1n) is 9.46. The summed E-state index contributed by atoms with van der Waals surface area (Å²) in [6, 6.07) is 7.75. The molecule has 3 rings (SSSR count). The lowest BCUT2D eigenvalue weighted by atomic mass is 9.92. The average Bonchev–Trinajstić information content (AvgIpc) is 2.71. The first-order chi connectivity index (χ1) is 13.1. The van der Waals surface area contributed by atoms with Gasteiger partial charge in [0.05, 0.1) is 23.4 Å². The van der Waals surface area contributed by atoms with E-state index in [9.17, 15) is 4.79 Å². The molecule has 4 heteroatoms. The Labute approximate surface area is 160 Å².